The molecular formula is C25H21BrN4O6. The van der Waals surface area contributed by atoms with Crippen molar-refractivity contribution >= 4 is 45.6 Å². The maximum Gasteiger partial charge on any atom is 0.344 e. The number of halogens is 1. The predicted molar refractivity (Wildman–Crippen MR) is 136 cm³/mol. The van der Waals surface area contributed by atoms with Gasteiger partial charge in [0.1, 0.15) is 5.75 Å². The van der Waals surface area contributed by atoms with E-state index in [1.165, 1.54) is 30.5 Å². The highest BCUT2D eigenvalue weighted by Crippen LogP contribution is 2.19. The number of esters is 1. The second-order valence-corrected chi connectivity index (χ2v) is 8.25. The van der Waals surface area contributed by atoms with Crippen molar-refractivity contribution in [2.24, 2.45) is 5.10 Å². The molecule has 36 heavy (non-hydrogen) atoms. The van der Waals surface area contributed by atoms with E-state index < -0.39 is 10.9 Å². The molecule has 3 aromatic carbocycles. The van der Waals surface area contributed by atoms with Gasteiger partial charge in [0.2, 0.25) is 5.91 Å². The monoisotopic (exact) mass is 552 g/mol. The van der Waals surface area contributed by atoms with Gasteiger partial charge in [-0.25, -0.2) is 10.2 Å². The second kappa shape index (κ2) is 12.9. The Hall–Kier alpha value is -4.38. The molecule has 10 nitrogen and oxygen atoms in total. The van der Waals surface area contributed by atoms with Crippen LogP contribution in [0.3, 0.4) is 0 Å². The molecule has 0 heterocycles. The molecule has 2 amide bonds. The lowest BCUT2D eigenvalue weighted by Gasteiger charge is -2.06. The Bertz CT molecular complexity index is 1280. The average Bonchev–Trinajstić information content (AvgIpc) is 2.87. The van der Waals surface area contributed by atoms with Crippen LogP contribution in [0.4, 0.5) is 5.69 Å². The first-order chi connectivity index (χ1) is 17.3. The highest BCUT2D eigenvalue weighted by molar-refractivity contribution is 9.10. The SMILES string of the molecule is O=C(CCCNC(=O)c1ccc([N+](=O)[O-])cc1)N/N=C/c1ccc(OC(=O)c2ccccc2Br)cc1. The summed E-state index contributed by atoms with van der Waals surface area (Å²) in [7, 11) is 0. The van der Waals surface area contributed by atoms with Gasteiger partial charge in [-0.2, -0.15) is 5.10 Å². The molecule has 2 N–H and O–H groups in total. The van der Waals surface area contributed by atoms with Crippen LogP contribution >= 0.6 is 15.9 Å². The van der Waals surface area contributed by atoms with Gasteiger partial charge in [-0.1, -0.05) is 12.1 Å². The highest BCUT2D eigenvalue weighted by Gasteiger charge is 2.12. The molecule has 0 spiro atoms. The number of ether oxygens (including phenoxy) is 1. The van der Waals surface area contributed by atoms with E-state index in [1.54, 1.807) is 48.5 Å². The molecule has 0 bridgehead atoms. The average molecular weight is 553 g/mol. The molecule has 0 radical (unpaired) electrons. The third kappa shape index (κ3) is 7.84. The highest BCUT2D eigenvalue weighted by atomic mass is 79.9. The molecule has 0 saturated carbocycles. The minimum Gasteiger partial charge on any atom is -0.423 e. The van der Waals surface area contributed by atoms with Crippen molar-refractivity contribution in [3.8, 4) is 5.75 Å². The summed E-state index contributed by atoms with van der Waals surface area (Å²) >= 11 is 3.31. The lowest BCUT2D eigenvalue weighted by Crippen LogP contribution is -2.26. The number of nitrogens with one attached hydrogen (secondary N) is 2. The third-order valence-electron chi connectivity index (χ3n) is 4.79. The van der Waals surface area contributed by atoms with Crippen LogP contribution in [0.25, 0.3) is 0 Å². The summed E-state index contributed by atoms with van der Waals surface area (Å²) in [5.74, 6) is -0.823. The van der Waals surface area contributed by atoms with Crippen molar-refractivity contribution in [3.63, 3.8) is 0 Å². The molecule has 0 saturated heterocycles. The van der Waals surface area contributed by atoms with E-state index in [0.29, 0.717) is 33.3 Å². The maximum absolute atomic E-state index is 12.2. The fraction of sp³-hybridized carbons (Fsp3) is 0.120. The first-order valence-corrected chi connectivity index (χ1v) is 11.5. The first kappa shape index (κ1) is 26.2. The molecule has 0 unspecified atom stereocenters. The van der Waals surface area contributed by atoms with Gasteiger partial charge in [-0.15, -0.1) is 0 Å². The quantitative estimate of drug-likeness (QED) is 0.0962. The smallest absolute Gasteiger partial charge is 0.344 e. The summed E-state index contributed by atoms with van der Waals surface area (Å²) in [6.45, 7) is 0.257. The normalized spacial score (nSPS) is 10.6. The number of carbonyl (C=O) groups is 3. The lowest BCUT2D eigenvalue weighted by atomic mass is 10.2. The van der Waals surface area contributed by atoms with Crippen molar-refractivity contribution in [2.75, 3.05) is 6.54 Å². The number of rotatable bonds is 10. The Morgan fingerprint density at radius 3 is 2.36 bits per heavy atom. The second-order valence-electron chi connectivity index (χ2n) is 7.40. The van der Waals surface area contributed by atoms with Crippen molar-refractivity contribution < 1.29 is 24.0 Å². The molecular weight excluding hydrogens is 532 g/mol. The van der Waals surface area contributed by atoms with E-state index in [4.69, 9.17) is 4.74 Å². The third-order valence-corrected chi connectivity index (χ3v) is 5.49. The number of hydrogen-bond acceptors (Lipinski definition) is 7. The summed E-state index contributed by atoms with van der Waals surface area (Å²) in [6.07, 6.45) is 1.98. The van der Waals surface area contributed by atoms with Gasteiger partial charge in [-0.3, -0.25) is 19.7 Å². The number of non-ortho nitro benzene ring substituents is 1. The van der Waals surface area contributed by atoms with E-state index in [9.17, 15) is 24.5 Å². The molecule has 0 fully saturated rings. The largest absolute Gasteiger partial charge is 0.423 e. The Morgan fingerprint density at radius 1 is 1.00 bits per heavy atom. The summed E-state index contributed by atoms with van der Waals surface area (Å²) in [5.41, 5.74) is 3.70. The lowest BCUT2D eigenvalue weighted by molar-refractivity contribution is -0.384. The van der Waals surface area contributed by atoms with Crippen molar-refractivity contribution in [1.82, 2.24) is 10.7 Å². The molecule has 0 atom stereocenters. The fourth-order valence-corrected chi connectivity index (χ4v) is 3.38. The van der Waals surface area contributed by atoms with Crippen LogP contribution in [0.1, 0.15) is 39.1 Å². The Morgan fingerprint density at radius 2 is 1.69 bits per heavy atom. The zero-order chi connectivity index (χ0) is 25.9. The van der Waals surface area contributed by atoms with Gasteiger partial charge in [0.25, 0.3) is 11.6 Å². The molecule has 0 aliphatic rings. The van der Waals surface area contributed by atoms with Crippen LogP contribution in [-0.4, -0.2) is 35.5 Å². The molecule has 11 heteroatoms. The fourth-order valence-electron chi connectivity index (χ4n) is 2.93. The Kier molecular flexibility index (Phi) is 9.40. The topological polar surface area (TPSA) is 140 Å². The number of nitro benzene ring substituents is 1. The van der Waals surface area contributed by atoms with Crippen LogP contribution < -0.4 is 15.5 Å². The number of hydrogen-bond donors (Lipinski definition) is 2. The number of carbonyl (C=O) groups excluding carboxylic acids is 3. The molecule has 184 valence electrons. The minimum atomic E-state index is -0.541. The van der Waals surface area contributed by atoms with E-state index in [0.717, 1.165) is 0 Å². The van der Waals surface area contributed by atoms with Gasteiger partial charge < -0.3 is 10.1 Å². The van der Waals surface area contributed by atoms with Crippen molar-refractivity contribution in [1.29, 1.82) is 0 Å². The predicted octanol–water partition coefficient (Wildman–Crippen LogP) is 4.24. The van der Waals surface area contributed by atoms with Gasteiger partial charge in [-0.05, 0) is 76.4 Å². The van der Waals surface area contributed by atoms with E-state index >= 15 is 0 Å². The van der Waals surface area contributed by atoms with Crippen molar-refractivity contribution in [3.05, 3.63) is 104 Å². The number of amides is 2. The number of benzene rings is 3. The summed E-state index contributed by atoms with van der Waals surface area (Å²) < 4.78 is 5.99. The maximum atomic E-state index is 12.2. The van der Waals surface area contributed by atoms with Crippen molar-refractivity contribution in [2.45, 2.75) is 12.8 Å². The standard InChI is InChI=1S/C25H21BrN4O6/c26-22-5-2-1-4-21(22)25(33)36-20-13-7-17(8-14-20)16-28-29-23(31)6-3-15-27-24(32)18-9-11-19(12-10-18)30(34)35/h1-2,4-5,7-14,16H,3,6,15H2,(H,27,32)(H,29,31)/b28-16+. The van der Waals surface area contributed by atoms with Crippen LogP contribution in [0.2, 0.25) is 0 Å². The van der Waals surface area contributed by atoms with Gasteiger partial charge in [0, 0.05) is 35.1 Å². The van der Waals surface area contributed by atoms with Crippen LogP contribution in [0.5, 0.6) is 5.75 Å². The minimum absolute atomic E-state index is 0.0976. The molecule has 3 aromatic rings. The summed E-state index contributed by atoms with van der Waals surface area (Å²) in [6, 6.07) is 18.8. The number of nitrogens with zero attached hydrogens (tertiary/aromatic N) is 2. The zero-order valence-electron chi connectivity index (χ0n) is 18.8. The van der Waals surface area contributed by atoms with Crippen LogP contribution in [-0.2, 0) is 4.79 Å². The molecule has 3 rings (SSSR count). The molecule has 0 aliphatic heterocycles. The van der Waals surface area contributed by atoms with E-state index in [2.05, 4.69) is 31.8 Å². The molecule has 0 aliphatic carbocycles. The first-order valence-electron chi connectivity index (χ1n) is 10.7. The zero-order valence-corrected chi connectivity index (χ0v) is 20.4. The molecule has 0 aromatic heterocycles. The summed E-state index contributed by atoms with van der Waals surface area (Å²) in [5, 5.41) is 17.2. The van der Waals surface area contributed by atoms with Gasteiger partial charge in [0.15, 0.2) is 0 Å². The number of nitro groups is 1. The van der Waals surface area contributed by atoms with Crippen LogP contribution in [0, 0.1) is 10.1 Å². The number of hydrazone groups is 1. The van der Waals surface area contributed by atoms with E-state index in [-0.39, 0.29) is 30.5 Å². The van der Waals surface area contributed by atoms with Gasteiger partial charge in [0.05, 0.1) is 16.7 Å². The van der Waals surface area contributed by atoms with E-state index in [1.807, 2.05) is 0 Å². The Labute approximate surface area is 214 Å². The van der Waals surface area contributed by atoms with Gasteiger partial charge >= 0.3 is 5.97 Å². The van der Waals surface area contributed by atoms with Crippen LogP contribution in [0.15, 0.2) is 82.4 Å². The summed E-state index contributed by atoms with van der Waals surface area (Å²) in [4.78, 5) is 46.3. The Balaban J connectivity index is 1.36.